The van der Waals surface area contributed by atoms with Crippen LogP contribution in [-0.2, 0) is 11.3 Å². The minimum atomic E-state index is -0.200. The van der Waals surface area contributed by atoms with Gasteiger partial charge in [-0.3, -0.25) is 9.59 Å². The summed E-state index contributed by atoms with van der Waals surface area (Å²) in [5, 5.41) is 9.37. The molecule has 0 saturated carbocycles. The van der Waals surface area contributed by atoms with Gasteiger partial charge in [0.15, 0.2) is 0 Å². The van der Waals surface area contributed by atoms with E-state index < -0.39 is 0 Å². The Balaban J connectivity index is 1.54. The monoisotopic (exact) mass is 407 g/mol. The highest BCUT2D eigenvalue weighted by atomic mass is 35.5. The van der Waals surface area contributed by atoms with E-state index in [0.29, 0.717) is 28.5 Å². The highest BCUT2D eigenvalue weighted by molar-refractivity contribution is 6.31. The molecule has 0 aliphatic carbocycles. The molecular formula is C23H22ClN3O2. The van der Waals surface area contributed by atoms with Crippen LogP contribution in [0.1, 0.15) is 21.5 Å². The fourth-order valence-electron chi connectivity index (χ4n) is 2.77. The second-order valence-electron chi connectivity index (χ2n) is 6.56. The van der Waals surface area contributed by atoms with E-state index in [1.807, 2.05) is 43.3 Å². The normalized spacial score (nSPS) is 10.3. The molecule has 0 aromatic heterocycles. The largest absolute Gasteiger partial charge is 0.376 e. The molecule has 0 radical (unpaired) electrons. The van der Waals surface area contributed by atoms with Gasteiger partial charge in [-0.25, -0.2) is 0 Å². The lowest BCUT2D eigenvalue weighted by Gasteiger charge is -2.11. The van der Waals surface area contributed by atoms with E-state index in [0.717, 1.165) is 11.1 Å². The Labute approximate surface area is 175 Å². The topological polar surface area (TPSA) is 70.2 Å². The molecule has 6 heteroatoms. The summed E-state index contributed by atoms with van der Waals surface area (Å²) >= 11 is 6.08. The van der Waals surface area contributed by atoms with Gasteiger partial charge in [0.2, 0.25) is 5.91 Å². The molecule has 148 valence electrons. The van der Waals surface area contributed by atoms with Crippen LogP contribution < -0.4 is 16.0 Å². The van der Waals surface area contributed by atoms with Gasteiger partial charge in [-0.2, -0.15) is 0 Å². The molecule has 0 bridgehead atoms. The molecular weight excluding hydrogens is 386 g/mol. The molecule has 0 unspecified atom stereocenters. The number of nitrogens with one attached hydrogen (secondary N) is 3. The molecule has 0 spiro atoms. The summed E-state index contributed by atoms with van der Waals surface area (Å²) in [6.45, 7) is 2.38. The van der Waals surface area contributed by atoms with Crippen LogP contribution in [-0.4, -0.2) is 18.4 Å². The van der Waals surface area contributed by atoms with Gasteiger partial charge in [0.1, 0.15) is 0 Å². The molecule has 29 heavy (non-hydrogen) atoms. The summed E-state index contributed by atoms with van der Waals surface area (Å²) in [6, 6.07) is 22.1. The first-order valence-electron chi connectivity index (χ1n) is 9.24. The Kier molecular flexibility index (Phi) is 6.87. The number of carbonyl (C=O) groups excluding carboxylic acids is 2. The Morgan fingerprint density at radius 1 is 0.931 bits per heavy atom. The average Bonchev–Trinajstić information content (AvgIpc) is 2.75. The van der Waals surface area contributed by atoms with Gasteiger partial charge in [0, 0.05) is 28.5 Å². The molecule has 5 nitrogen and oxygen atoms in total. The zero-order chi connectivity index (χ0) is 20.6. The smallest absolute Gasteiger partial charge is 0.251 e. The van der Waals surface area contributed by atoms with E-state index in [1.54, 1.807) is 36.4 Å². The van der Waals surface area contributed by atoms with E-state index in [1.165, 1.54) is 0 Å². The second-order valence-corrected chi connectivity index (χ2v) is 6.97. The number of carbonyl (C=O) groups is 2. The van der Waals surface area contributed by atoms with Crippen LogP contribution in [0.25, 0.3) is 0 Å². The maximum atomic E-state index is 12.4. The van der Waals surface area contributed by atoms with Gasteiger partial charge in [0.25, 0.3) is 5.91 Å². The van der Waals surface area contributed by atoms with Crippen molar-refractivity contribution in [2.75, 3.05) is 17.2 Å². The van der Waals surface area contributed by atoms with Crippen LogP contribution >= 0.6 is 11.6 Å². The first-order valence-corrected chi connectivity index (χ1v) is 9.62. The molecule has 3 aromatic rings. The summed E-state index contributed by atoms with van der Waals surface area (Å²) in [7, 11) is 0. The van der Waals surface area contributed by atoms with Crippen LogP contribution in [0.4, 0.5) is 11.4 Å². The first-order chi connectivity index (χ1) is 14.0. The minimum Gasteiger partial charge on any atom is -0.376 e. The third-order valence-electron chi connectivity index (χ3n) is 4.42. The Morgan fingerprint density at radius 2 is 1.69 bits per heavy atom. The van der Waals surface area contributed by atoms with Crippen molar-refractivity contribution < 1.29 is 9.59 Å². The van der Waals surface area contributed by atoms with E-state index in [9.17, 15) is 9.59 Å². The van der Waals surface area contributed by atoms with Crippen molar-refractivity contribution in [1.82, 2.24) is 5.32 Å². The standard InChI is InChI=1S/C23H22ClN3O2/c1-16-20(24)11-6-12-21(16)27-22(28)15-25-19-10-5-9-18(13-19)23(29)26-14-17-7-3-2-4-8-17/h2-13,25H,14-15H2,1H3,(H,26,29)(H,27,28). The first kappa shape index (κ1) is 20.4. The van der Waals surface area contributed by atoms with E-state index >= 15 is 0 Å². The lowest BCUT2D eigenvalue weighted by molar-refractivity contribution is -0.114. The van der Waals surface area contributed by atoms with Crippen molar-refractivity contribution in [2.45, 2.75) is 13.5 Å². The van der Waals surface area contributed by atoms with Crippen LogP contribution in [0.15, 0.2) is 72.8 Å². The predicted octanol–water partition coefficient (Wildman–Crippen LogP) is 4.63. The number of hydrogen-bond acceptors (Lipinski definition) is 3. The molecule has 0 atom stereocenters. The lowest BCUT2D eigenvalue weighted by atomic mass is 10.1. The zero-order valence-electron chi connectivity index (χ0n) is 16.0. The molecule has 3 N–H and O–H groups in total. The van der Waals surface area contributed by atoms with Crippen LogP contribution in [0.3, 0.4) is 0 Å². The number of amides is 2. The Bertz CT molecular complexity index is 1010. The van der Waals surface area contributed by atoms with Crippen molar-refractivity contribution in [3.8, 4) is 0 Å². The maximum absolute atomic E-state index is 12.4. The van der Waals surface area contributed by atoms with Gasteiger partial charge in [-0.05, 0) is 48.4 Å². The van der Waals surface area contributed by atoms with E-state index in [-0.39, 0.29) is 18.4 Å². The van der Waals surface area contributed by atoms with E-state index in [4.69, 9.17) is 11.6 Å². The van der Waals surface area contributed by atoms with Crippen molar-refractivity contribution >= 4 is 34.8 Å². The molecule has 0 saturated heterocycles. The summed E-state index contributed by atoms with van der Waals surface area (Å²) < 4.78 is 0. The van der Waals surface area contributed by atoms with Crippen molar-refractivity contribution in [1.29, 1.82) is 0 Å². The highest BCUT2D eigenvalue weighted by Gasteiger charge is 2.09. The lowest BCUT2D eigenvalue weighted by Crippen LogP contribution is -2.24. The second kappa shape index (κ2) is 9.75. The molecule has 0 heterocycles. The minimum absolute atomic E-state index is 0.0705. The van der Waals surface area contributed by atoms with Gasteiger partial charge < -0.3 is 16.0 Å². The van der Waals surface area contributed by atoms with Gasteiger partial charge >= 0.3 is 0 Å². The van der Waals surface area contributed by atoms with Crippen LogP contribution in [0, 0.1) is 6.92 Å². The quantitative estimate of drug-likeness (QED) is 0.534. The van der Waals surface area contributed by atoms with Crippen molar-refractivity contribution in [3.63, 3.8) is 0 Å². The Hall–Kier alpha value is -3.31. The molecule has 0 fully saturated rings. The van der Waals surface area contributed by atoms with Crippen molar-refractivity contribution in [3.05, 3.63) is 94.5 Å². The number of benzene rings is 3. The third kappa shape index (κ3) is 5.83. The van der Waals surface area contributed by atoms with Crippen molar-refractivity contribution in [2.24, 2.45) is 0 Å². The highest BCUT2D eigenvalue weighted by Crippen LogP contribution is 2.22. The zero-order valence-corrected chi connectivity index (χ0v) is 16.8. The summed E-state index contributed by atoms with van der Waals surface area (Å²) in [4.78, 5) is 24.6. The molecule has 3 aromatic carbocycles. The summed E-state index contributed by atoms with van der Waals surface area (Å²) in [5.41, 5.74) is 3.74. The number of anilines is 2. The molecule has 0 aliphatic heterocycles. The summed E-state index contributed by atoms with van der Waals surface area (Å²) in [6.07, 6.45) is 0. The fourth-order valence-corrected chi connectivity index (χ4v) is 2.94. The summed E-state index contributed by atoms with van der Waals surface area (Å²) in [5.74, 6) is -0.370. The number of hydrogen-bond donors (Lipinski definition) is 3. The maximum Gasteiger partial charge on any atom is 0.251 e. The van der Waals surface area contributed by atoms with Gasteiger partial charge in [0.05, 0.1) is 6.54 Å². The van der Waals surface area contributed by atoms with Crippen LogP contribution in [0.5, 0.6) is 0 Å². The predicted molar refractivity (Wildman–Crippen MR) is 117 cm³/mol. The third-order valence-corrected chi connectivity index (χ3v) is 4.82. The number of rotatable bonds is 7. The molecule has 3 rings (SSSR count). The van der Waals surface area contributed by atoms with Gasteiger partial charge in [-0.15, -0.1) is 0 Å². The Morgan fingerprint density at radius 3 is 2.48 bits per heavy atom. The van der Waals surface area contributed by atoms with Crippen LogP contribution in [0.2, 0.25) is 5.02 Å². The van der Waals surface area contributed by atoms with Gasteiger partial charge in [-0.1, -0.05) is 54.1 Å². The fraction of sp³-hybridized carbons (Fsp3) is 0.130. The number of halogens is 1. The average molecular weight is 408 g/mol. The molecule has 0 aliphatic rings. The SMILES string of the molecule is Cc1c(Cl)cccc1NC(=O)CNc1cccc(C(=O)NCc2ccccc2)c1. The molecule has 2 amide bonds. The van der Waals surface area contributed by atoms with E-state index in [2.05, 4.69) is 16.0 Å².